The molecular weight excluding hydrogens is 206 g/mol. The van der Waals surface area contributed by atoms with Crippen LogP contribution in [-0.2, 0) is 4.74 Å². The normalized spacial score (nSPS) is 24.4. The fraction of sp³-hybridized carbons (Fsp3) is 0.917. The molecule has 1 amide bonds. The lowest BCUT2D eigenvalue weighted by molar-refractivity contribution is 0.0263. The van der Waals surface area contributed by atoms with E-state index in [-0.39, 0.29) is 18.3 Å². The van der Waals surface area contributed by atoms with Gasteiger partial charge in [-0.1, -0.05) is 6.42 Å². The minimum absolute atomic E-state index is 0.132. The number of hydrogen-bond acceptors (Lipinski definition) is 3. The zero-order valence-electron chi connectivity index (χ0n) is 9.73. The van der Waals surface area contributed by atoms with Gasteiger partial charge in [-0.2, -0.15) is 0 Å². The Morgan fingerprint density at radius 3 is 2.31 bits per heavy atom. The minimum atomic E-state index is -0.237. The summed E-state index contributed by atoms with van der Waals surface area (Å²) in [4.78, 5) is 13.5. The van der Waals surface area contributed by atoms with E-state index in [0.717, 1.165) is 12.8 Å². The Labute approximate surface area is 96.6 Å². The molecule has 0 spiro atoms. The van der Waals surface area contributed by atoms with Gasteiger partial charge in [0.15, 0.2) is 0 Å². The van der Waals surface area contributed by atoms with E-state index in [2.05, 4.69) is 0 Å². The molecule has 0 bridgehead atoms. The van der Waals surface area contributed by atoms with Crippen LogP contribution in [0.4, 0.5) is 4.79 Å². The molecule has 0 radical (unpaired) electrons. The Morgan fingerprint density at radius 2 is 1.69 bits per heavy atom. The summed E-state index contributed by atoms with van der Waals surface area (Å²) in [7, 11) is 0. The molecule has 0 atom stereocenters. The third-order valence-corrected chi connectivity index (χ3v) is 3.54. The lowest BCUT2D eigenvalue weighted by atomic mass is 9.98. The first-order valence-corrected chi connectivity index (χ1v) is 6.39. The van der Waals surface area contributed by atoms with E-state index < -0.39 is 0 Å². The molecule has 0 aromatic heterocycles. The van der Waals surface area contributed by atoms with Crippen molar-refractivity contribution in [1.82, 2.24) is 4.90 Å². The molecule has 0 aromatic rings. The molecule has 16 heavy (non-hydrogen) atoms. The summed E-state index contributed by atoms with van der Waals surface area (Å²) >= 11 is 0. The van der Waals surface area contributed by atoms with Crippen molar-refractivity contribution in [3.05, 3.63) is 0 Å². The molecule has 2 fully saturated rings. The summed E-state index contributed by atoms with van der Waals surface area (Å²) in [6.45, 7) is 1.26. The van der Waals surface area contributed by atoms with Gasteiger partial charge in [-0.05, 0) is 38.5 Å². The standard InChI is InChI=1S/C12H21NO3/c14-10-6-8-13(9-7-10)12(15)16-11-4-2-1-3-5-11/h10-11,14H,1-9H2. The SMILES string of the molecule is O=C(OC1CCCCC1)N1CCC(O)CC1. The average molecular weight is 227 g/mol. The maximum Gasteiger partial charge on any atom is 0.410 e. The third-order valence-electron chi connectivity index (χ3n) is 3.54. The van der Waals surface area contributed by atoms with Crippen molar-refractivity contribution in [3.63, 3.8) is 0 Å². The van der Waals surface area contributed by atoms with E-state index in [0.29, 0.717) is 25.9 Å². The molecule has 1 aliphatic carbocycles. The molecule has 92 valence electrons. The molecule has 1 N–H and O–H groups in total. The Kier molecular flexibility index (Phi) is 4.04. The van der Waals surface area contributed by atoms with Gasteiger partial charge in [-0.15, -0.1) is 0 Å². The van der Waals surface area contributed by atoms with E-state index in [1.165, 1.54) is 19.3 Å². The predicted octanol–water partition coefficient (Wildman–Crippen LogP) is 1.91. The van der Waals surface area contributed by atoms with E-state index in [9.17, 15) is 9.90 Å². The molecule has 1 saturated carbocycles. The van der Waals surface area contributed by atoms with Gasteiger partial charge in [0.05, 0.1) is 6.10 Å². The maximum absolute atomic E-state index is 11.8. The van der Waals surface area contributed by atoms with Gasteiger partial charge in [-0.3, -0.25) is 0 Å². The van der Waals surface area contributed by atoms with Crippen LogP contribution in [0, 0.1) is 0 Å². The molecule has 1 aliphatic heterocycles. The largest absolute Gasteiger partial charge is 0.446 e. The van der Waals surface area contributed by atoms with Gasteiger partial charge in [0.2, 0.25) is 0 Å². The number of carbonyl (C=O) groups is 1. The van der Waals surface area contributed by atoms with Crippen LogP contribution in [0.15, 0.2) is 0 Å². The van der Waals surface area contributed by atoms with E-state index in [4.69, 9.17) is 4.74 Å². The first kappa shape index (κ1) is 11.7. The highest BCUT2D eigenvalue weighted by molar-refractivity contribution is 5.67. The molecule has 4 heteroatoms. The zero-order valence-corrected chi connectivity index (χ0v) is 9.73. The number of ether oxygens (including phenoxy) is 1. The summed E-state index contributed by atoms with van der Waals surface area (Å²) < 4.78 is 5.47. The quantitative estimate of drug-likeness (QED) is 0.744. The highest BCUT2D eigenvalue weighted by Gasteiger charge is 2.25. The van der Waals surface area contributed by atoms with Gasteiger partial charge in [0, 0.05) is 13.1 Å². The van der Waals surface area contributed by atoms with Crippen LogP contribution in [0.2, 0.25) is 0 Å². The lowest BCUT2D eigenvalue weighted by Crippen LogP contribution is -2.41. The van der Waals surface area contributed by atoms with E-state index >= 15 is 0 Å². The summed E-state index contributed by atoms with van der Waals surface area (Å²) in [5.41, 5.74) is 0. The monoisotopic (exact) mass is 227 g/mol. The van der Waals surface area contributed by atoms with Crippen LogP contribution in [-0.4, -0.2) is 41.4 Å². The van der Waals surface area contributed by atoms with Crippen LogP contribution in [0.1, 0.15) is 44.9 Å². The van der Waals surface area contributed by atoms with Gasteiger partial charge in [0.1, 0.15) is 6.10 Å². The van der Waals surface area contributed by atoms with Crippen molar-refractivity contribution in [1.29, 1.82) is 0 Å². The molecule has 4 nitrogen and oxygen atoms in total. The van der Waals surface area contributed by atoms with E-state index in [1.54, 1.807) is 4.90 Å². The smallest absolute Gasteiger partial charge is 0.410 e. The lowest BCUT2D eigenvalue weighted by Gasteiger charge is -2.31. The number of amides is 1. The summed E-state index contributed by atoms with van der Waals surface area (Å²) in [5, 5.41) is 9.35. The first-order chi connectivity index (χ1) is 7.75. The number of nitrogens with zero attached hydrogens (tertiary/aromatic N) is 1. The molecule has 0 aromatic carbocycles. The molecule has 0 unspecified atom stereocenters. The molecule has 2 rings (SSSR count). The Morgan fingerprint density at radius 1 is 1.06 bits per heavy atom. The van der Waals surface area contributed by atoms with Gasteiger partial charge >= 0.3 is 6.09 Å². The van der Waals surface area contributed by atoms with Crippen molar-refractivity contribution < 1.29 is 14.6 Å². The van der Waals surface area contributed by atoms with Crippen molar-refractivity contribution in [3.8, 4) is 0 Å². The molecule has 2 aliphatic rings. The topological polar surface area (TPSA) is 49.8 Å². The molecule has 1 heterocycles. The highest BCUT2D eigenvalue weighted by Crippen LogP contribution is 2.21. The van der Waals surface area contributed by atoms with Crippen LogP contribution < -0.4 is 0 Å². The van der Waals surface area contributed by atoms with Crippen LogP contribution in [0.3, 0.4) is 0 Å². The van der Waals surface area contributed by atoms with Gasteiger partial charge < -0.3 is 14.7 Å². The summed E-state index contributed by atoms with van der Waals surface area (Å²) in [5.74, 6) is 0. The fourth-order valence-electron chi connectivity index (χ4n) is 2.45. The average Bonchev–Trinajstić information content (AvgIpc) is 2.31. The Balaban J connectivity index is 1.74. The van der Waals surface area contributed by atoms with Crippen LogP contribution >= 0.6 is 0 Å². The van der Waals surface area contributed by atoms with Crippen molar-refractivity contribution in [2.75, 3.05) is 13.1 Å². The fourth-order valence-corrected chi connectivity index (χ4v) is 2.45. The van der Waals surface area contributed by atoms with Crippen LogP contribution in [0.25, 0.3) is 0 Å². The number of aliphatic hydroxyl groups is 1. The number of carbonyl (C=O) groups excluding carboxylic acids is 1. The maximum atomic E-state index is 11.8. The van der Waals surface area contributed by atoms with Crippen molar-refractivity contribution in [2.24, 2.45) is 0 Å². The van der Waals surface area contributed by atoms with Crippen molar-refractivity contribution in [2.45, 2.75) is 57.2 Å². The Bertz CT molecular complexity index is 230. The van der Waals surface area contributed by atoms with Gasteiger partial charge in [0.25, 0.3) is 0 Å². The number of piperidine rings is 1. The van der Waals surface area contributed by atoms with Crippen LogP contribution in [0.5, 0.6) is 0 Å². The second-order valence-electron chi connectivity index (χ2n) is 4.86. The zero-order chi connectivity index (χ0) is 11.4. The van der Waals surface area contributed by atoms with E-state index in [1.807, 2.05) is 0 Å². The number of rotatable bonds is 1. The highest BCUT2D eigenvalue weighted by atomic mass is 16.6. The predicted molar refractivity (Wildman–Crippen MR) is 60.2 cm³/mol. The number of hydrogen-bond donors (Lipinski definition) is 1. The number of likely N-dealkylation sites (tertiary alicyclic amines) is 1. The summed E-state index contributed by atoms with van der Waals surface area (Å²) in [6.07, 6.45) is 6.73. The second-order valence-corrected chi connectivity index (χ2v) is 4.86. The van der Waals surface area contributed by atoms with Gasteiger partial charge in [-0.25, -0.2) is 4.79 Å². The van der Waals surface area contributed by atoms with Crippen molar-refractivity contribution >= 4 is 6.09 Å². The Hall–Kier alpha value is -0.770. The minimum Gasteiger partial charge on any atom is -0.446 e. The first-order valence-electron chi connectivity index (χ1n) is 6.39. The second kappa shape index (κ2) is 5.53. The molecule has 1 saturated heterocycles. The third kappa shape index (κ3) is 3.11. The summed E-state index contributed by atoms with van der Waals surface area (Å²) in [6, 6.07) is 0. The number of aliphatic hydroxyl groups excluding tert-OH is 1. The molecular formula is C12H21NO3.